The van der Waals surface area contributed by atoms with Crippen molar-refractivity contribution in [1.29, 1.82) is 0 Å². The number of aryl methyl sites for hydroxylation is 1. The largest absolute Gasteiger partial charge is 0.323 e. The zero-order chi connectivity index (χ0) is 20.3. The van der Waals surface area contributed by atoms with Crippen molar-refractivity contribution in [3.63, 3.8) is 0 Å². The highest BCUT2D eigenvalue weighted by atomic mass is 32.2. The summed E-state index contributed by atoms with van der Waals surface area (Å²) in [6.07, 6.45) is 0. The Kier molecular flexibility index (Phi) is 6.46. The van der Waals surface area contributed by atoms with Crippen LogP contribution in [0.25, 0.3) is 0 Å². The number of aromatic nitrogens is 4. The van der Waals surface area contributed by atoms with Crippen molar-refractivity contribution in [2.75, 3.05) is 5.32 Å². The Labute approximate surface area is 171 Å². The Morgan fingerprint density at radius 2 is 1.96 bits per heavy atom. The molecule has 0 unspecified atom stereocenters. The Morgan fingerprint density at radius 3 is 2.64 bits per heavy atom. The molecule has 0 aliphatic carbocycles. The summed E-state index contributed by atoms with van der Waals surface area (Å²) in [7, 11) is 0. The number of nitrogens with zero attached hydrogens (tertiary/aromatic N) is 4. The van der Waals surface area contributed by atoms with Gasteiger partial charge >= 0.3 is 0 Å². The lowest BCUT2D eigenvalue weighted by atomic mass is 10.2. The summed E-state index contributed by atoms with van der Waals surface area (Å²) in [6, 6.07) is 5.59. The quantitative estimate of drug-likeness (QED) is 0.563. The molecule has 0 saturated carbocycles. The highest BCUT2D eigenvalue weighted by Gasteiger charge is 2.16. The third kappa shape index (κ3) is 4.96. The van der Waals surface area contributed by atoms with E-state index < -0.39 is 0 Å². The van der Waals surface area contributed by atoms with E-state index in [0.29, 0.717) is 17.4 Å². The summed E-state index contributed by atoms with van der Waals surface area (Å²) in [5.74, 6) is 0.410. The number of rotatable bonds is 7. The Hall–Kier alpha value is -2.26. The molecule has 1 N–H and O–H groups in total. The first-order valence-corrected chi connectivity index (χ1v) is 10.7. The normalized spacial score (nSPS) is 11.2. The van der Waals surface area contributed by atoms with Gasteiger partial charge in [0.2, 0.25) is 5.01 Å². The summed E-state index contributed by atoms with van der Waals surface area (Å²) in [5.41, 5.74) is 2.71. The van der Waals surface area contributed by atoms with Gasteiger partial charge < -0.3 is 9.88 Å². The fourth-order valence-electron chi connectivity index (χ4n) is 2.56. The molecule has 3 aromatic rings. The molecule has 1 amide bonds. The van der Waals surface area contributed by atoms with Crippen LogP contribution in [0.15, 0.2) is 29.4 Å². The highest BCUT2D eigenvalue weighted by molar-refractivity contribution is 7.98. The molecular formula is C19H22FN5OS2. The van der Waals surface area contributed by atoms with E-state index in [9.17, 15) is 9.18 Å². The smallest absolute Gasteiger partial charge is 0.286 e. The standard InChI is InChI=1S/C19H22FN5OS2/c1-11(2)9-25-13(4)12(3)21-19(25)27-10-16-23-24-18(28-16)17(26)22-15-7-5-14(20)6-8-15/h5-8,11H,9-10H2,1-4H3,(H,22,26). The van der Waals surface area contributed by atoms with Gasteiger partial charge in [-0.3, -0.25) is 4.79 Å². The number of nitrogens with one attached hydrogen (secondary N) is 1. The van der Waals surface area contributed by atoms with Crippen molar-refractivity contribution in [1.82, 2.24) is 19.7 Å². The van der Waals surface area contributed by atoms with Crippen LogP contribution in [0.2, 0.25) is 0 Å². The van der Waals surface area contributed by atoms with Crippen LogP contribution in [0.4, 0.5) is 10.1 Å². The molecule has 148 valence electrons. The molecule has 0 radical (unpaired) electrons. The molecule has 0 aliphatic heterocycles. The number of benzene rings is 1. The second kappa shape index (κ2) is 8.83. The first-order chi connectivity index (χ1) is 13.3. The molecule has 6 nitrogen and oxygen atoms in total. The van der Waals surface area contributed by atoms with Gasteiger partial charge in [-0.2, -0.15) is 0 Å². The maximum atomic E-state index is 13.0. The number of carbonyl (C=O) groups excluding carboxylic acids is 1. The lowest BCUT2D eigenvalue weighted by Crippen LogP contribution is -2.11. The van der Waals surface area contributed by atoms with Gasteiger partial charge in [-0.25, -0.2) is 9.37 Å². The van der Waals surface area contributed by atoms with Crippen molar-refractivity contribution < 1.29 is 9.18 Å². The molecular weight excluding hydrogens is 397 g/mol. The molecule has 3 rings (SSSR count). The summed E-state index contributed by atoms with van der Waals surface area (Å²) in [6.45, 7) is 9.37. The van der Waals surface area contributed by atoms with Crippen molar-refractivity contribution in [3.8, 4) is 0 Å². The number of carbonyl (C=O) groups is 1. The van der Waals surface area contributed by atoms with Crippen LogP contribution >= 0.6 is 23.1 Å². The average Bonchev–Trinajstić information content (AvgIpc) is 3.22. The van der Waals surface area contributed by atoms with Gasteiger partial charge in [0.15, 0.2) is 5.16 Å². The highest BCUT2D eigenvalue weighted by Crippen LogP contribution is 2.27. The zero-order valence-electron chi connectivity index (χ0n) is 16.2. The fourth-order valence-corrected chi connectivity index (χ4v) is 4.38. The lowest BCUT2D eigenvalue weighted by Gasteiger charge is -2.11. The summed E-state index contributed by atoms with van der Waals surface area (Å²) >= 11 is 2.84. The van der Waals surface area contributed by atoms with Crippen LogP contribution in [-0.2, 0) is 12.3 Å². The Morgan fingerprint density at radius 1 is 1.25 bits per heavy atom. The average molecular weight is 420 g/mol. The molecule has 1 aromatic carbocycles. The maximum absolute atomic E-state index is 13.0. The fraction of sp³-hybridized carbons (Fsp3) is 0.368. The van der Waals surface area contributed by atoms with Crippen molar-refractivity contribution >= 4 is 34.7 Å². The third-order valence-corrected chi connectivity index (χ3v) is 6.15. The van der Waals surface area contributed by atoms with E-state index in [0.717, 1.165) is 22.4 Å². The molecule has 0 bridgehead atoms. The van der Waals surface area contributed by atoms with Gasteiger partial charge in [0.1, 0.15) is 10.8 Å². The lowest BCUT2D eigenvalue weighted by molar-refractivity contribution is 0.102. The number of thioether (sulfide) groups is 1. The van der Waals surface area contributed by atoms with Crippen LogP contribution in [0.1, 0.15) is 40.0 Å². The second-order valence-corrected chi connectivity index (χ2v) is 8.82. The van der Waals surface area contributed by atoms with Gasteiger partial charge in [-0.1, -0.05) is 36.9 Å². The van der Waals surface area contributed by atoms with E-state index in [1.54, 1.807) is 11.8 Å². The maximum Gasteiger partial charge on any atom is 0.286 e. The Balaban J connectivity index is 1.64. The number of halogens is 1. The topological polar surface area (TPSA) is 72.7 Å². The molecule has 9 heteroatoms. The first-order valence-electron chi connectivity index (χ1n) is 8.89. The van der Waals surface area contributed by atoms with E-state index >= 15 is 0 Å². The third-order valence-electron chi connectivity index (χ3n) is 4.06. The molecule has 28 heavy (non-hydrogen) atoms. The number of anilines is 1. The van der Waals surface area contributed by atoms with Gasteiger partial charge in [0, 0.05) is 17.9 Å². The molecule has 0 spiro atoms. The van der Waals surface area contributed by atoms with Crippen LogP contribution < -0.4 is 5.32 Å². The van der Waals surface area contributed by atoms with Gasteiger partial charge in [0.05, 0.1) is 11.4 Å². The predicted octanol–water partition coefficient (Wildman–Crippen LogP) is 4.69. The monoisotopic (exact) mass is 419 g/mol. The number of hydrogen-bond donors (Lipinski definition) is 1. The van der Waals surface area contributed by atoms with Gasteiger partial charge in [-0.05, 0) is 44.0 Å². The predicted molar refractivity (Wildman–Crippen MR) is 110 cm³/mol. The van der Waals surface area contributed by atoms with Crippen molar-refractivity contribution in [3.05, 3.63) is 51.5 Å². The molecule has 0 aliphatic rings. The van der Waals surface area contributed by atoms with Crippen LogP contribution in [-0.4, -0.2) is 25.7 Å². The Bertz CT molecular complexity index is 965. The molecule has 2 aromatic heterocycles. The summed E-state index contributed by atoms with van der Waals surface area (Å²) in [5, 5.41) is 12.8. The van der Waals surface area contributed by atoms with Gasteiger partial charge in [0.25, 0.3) is 5.91 Å². The second-order valence-electron chi connectivity index (χ2n) is 6.82. The molecule has 2 heterocycles. The number of hydrogen-bond acceptors (Lipinski definition) is 6. The van der Waals surface area contributed by atoms with Crippen LogP contribution in [0.3, 0.4) is 0 Å². The summed E-state index contributed by atoms with van der Waals surface area (Å²) in [4.78, 5) is 16.9. The van der Waals surface area contributed by atoms with Crippen molar-refractivity contribution in [2.24, 2.45) is 5.92 Å². The number of amides is 1. The van der Waals surface area contributed by atoms with E-state index in [-0.39, 0.29) is 16.7 Å². The zero-order valence-corrected chi connectivity index (χ0v) is 17.8. The van der Waals surface area contributed by atoms with E-state index in [1.807, 2.05) is 6.92 Å². The van der Waals surface area contributed by atoms with Crippen molar-refractivity contribution in [2.45, 2.75) is 45.1 Å². The minimum Gasteiger partial charge on any atom is -0.323 e. The van der Waals surface area contributed by atoms with E-state index in [1.165, 1.54) is 41.3 Å². The van der Waals surface area contributed by atoms with Gasteiger partial charge in [-0.15, -0.1) is 10.2 Å². The van der Waals surface area contributed by atoms with E-state index in [2.05, 4.69) is 45.8 Å². The number of imidazole rings is 1. The minimum absolute atomic E-state index is 0.276. The molecule has 0 saturated heterocycles. The van der Waals surface area contributed by atoms with Crippen LogP contribution in [0.5, 0.6) is 0 Å². The summed E-state index contributed by atoms with van der Waals surface area (Å²) < 4.78 is 15.2. The first kappa shape index (κ1) is 20.5. The molecule has 0 atom stereocenters. The van der Waals surface area contributed by atoms with Crippen LogP contribution in [0, 0.1) is 25.6 Å². The SMILES string of the molecule is Cc1nc(SCc2nnc(C(=O)Nc3ccc(F)cc3)s2)n(CC(C)C)c1C. The van der Waals surface area contributed by atoms with E-state index in [4.69, 9.17) is 0 Å². The molecule has 0 fully saturated rings. The minimum atomic E-state index is -0.353.